The molecule has 1 unspecified atom stereocenters. The zero-order valence-electron chi connectivity index (χ0n) is 10.8. The summed E-state index contributed by atoms with van der Waals surface area (Å²) in [7, 11) is 1.48. The number of carbonyl (C=O) groups excluding carboxylic acids is 1. The molecule has 4 heteroatoms. The van der Waals surface area contributed by atoms with Crippen LogP contribution in [0.15, 0.2) is 18.2 Å². The summed E-state index contributed by atoms with van der Waals surface area (Å²) in [6.45, 7) is 2.01. The molecule has 1 saturated carbocycles. The Morgan fingerprint density at radius 2 is 2.28 bits per heavy atom. The zero-order valence-corrected chi connectivity index (χ0v) is 10.8. The van der Waals surface area contributed by atoms with E-state index in [1.165, 1.54) is 26.0 Å². The molecular formula is C14H19NO3. The van der Waals surface area contributed by atoms with Crippen LogP contribution in [0, 0.1) is 5.92 Å². The van der Waals surface area contributed by atoms with Gasteiger partial charge in [0.25, 0.3) is 5.91 Å². The van der Waals surface area contributed by atoms with Crippen molar-refractivity contribution in [3.8, 4) is 11.5 Å². The first kappa shape index (κ1) is 12.7. The summed E-state index contributed by atoms with van der Waals surface area (Å²) in [5, 5.41) is 12.6. The normalized spacial score (nSPS) is 16.1. The van der Waals surface area contributed by atoms with Gasteiger partial charge in [-0.25, -0.2) is 0 Å². The van der Waals surface area contributed by atoms with Crippen molar-refractivity contribution < 1.29 is 14.6 Å². The fourth-order valence-corrected chi connectivity index (χ4v) is 2.05. The molecule has 4 nitrogen and oxygen atoms in total. The van der Waals surface area contributed by atoms with E-state index in [0.29, 0.717) is 11.3 Å². The smallest absolute Gasteiger partial charge is 0.251 e. The molecule has 0 heterocycles. The minimum Gasteiger partial charge on any atom is -0.504 e. The molecule has 0 aliphatic heterocycles. The number of phenols is 1. The van der Waals surface area contributed by atoms with Gasteiger partial charge >= 0.3 is 0 Å². The molecule has 0 radical (unpaired) electrons. The highest BCUT2D eigenvalue weighted by Gasteiger charge is 2.24. The average Bonchev–Trinajstić information content (AvgIpc) is 3.12. The summed E-state index contributed by atoms with van der Waals surface area (Å²) in [6.07, 6.45) is 3.60. The van der Waals surface area contributed by atoms with E-state index in [9.17, 15) is 9.90 Å². The number of benzene rings is 1. The van der Waals surface area contributed by atoms with Gasteiger partial charge in [0.05, 0.1) is 7.11 Å². The molecule has 1 amide bonds. The fraction of sp³-hybridized carbons (Fsp3) is 0.500. The van der Waals surface area contributed by atoms with E-state index in [1.54, 1.807) is 12.1 Å². The van der Waals surface area contributed by atoms with Crippen molar-refractivity contribution in [2.24, 2.45) is 5.92 Å². The second kappa shape index (κ2) is 5.29. The van der Waals surface area contributed by atoms with Crippen LogP contribution in [0.2, 0.25) is 0 Å². The average molecular weight is 249 g/mol. The van der Waals surface area contributed by atoms with E-state index in [4.69, 9.17) is 4.74 Å². The van der Waals surface area contributed by atoms with E-state index >= 15 is 0 Å². The largest absolute Gasteiger partial charge is 0.504 e. The maximum atomic E-state index is 11.9. The van der Waals surface area contributed by atoms with Crippen LogP contribution in [0.4, 0.5) is 0 Å². The SMILES string of the molecule is COc1ccc(C(=O)NC(C)CC2CC2)cc1O. The lowest BCUT2D eigenvalue weighted by atomic mass is 10.1. The minimum absolute atomic E-state index is 0.0139. The Morgan fingerprint density at radius 1 is 1.56 bits per heavy atom. The molecule has 2 N–H and O–H groups in total. The highest BCUT2D eigenvalue weighted by molar-refractivity contribution is 5.95. The van der Waals surface area contributed by atoms with Gasteiger partial charge in [0.15, 0.2) is 11.5 Å². The Bertz CT molecular complexity index is 441. The Balaban J connectivity index is 1.97. The van der Waals surface area contributed by atoms with Crippen LogP contribution in [0.25, 0.3) is 0 Å². The summed E-state index contributed by atoms with van der Waals surface area (Å²) < 4.78 is 4.94. The molecule has 0 spiro atoms. The standard InChI is InChI=1S/C14H19NO3/c1-9(7-10-3-4-10)15-14(17)11-5-6-13(18-2)12(16)8-11/h5-6,8-10,16H,3-4,7H2,1-2H3,(H,15,17). The van der Waals surface area contributed by atoms with Crippen molar-refractivity contribution >= 4 is 5.91 Å². The number of hydrogen-bond acceptors (Lipinski definition) is 3. The van der Waals surface area contributed by atoms with Gasteiger partial charge in [0.1, 0.15) is 0 Å². The van der Waals surface area contributed by atoms with E-state index in [0.717, 1.165) is 12.3 Å². The zero-order chi connectivity index (χ0) is 13.1. The van der Waals surface area contributed by atoms with E-state index in [-0.39, 0.29) is 17.7 Å². The predicted molar refractivity (Wildman–Crippen MR) is 68.9 cm³/mol. The van der Waals surface area contributed by atoms with Gasteiger partial charge in [0.2, 0.25) is 0 Å². The van der Waals surface area contributed by atoms with Gasteiger partial charge in [-0.1, -0.05) is 12.8 Å². The molecule has 1 aliphatic carbocycles. The molecule has 0 saturated heterocycles. The van der Waals surface area contributed by atoms with Crippen LogP contribution in [-0.2, 0) is 0 Å². The molecule has 0 bridgehead atoms. The van der Waals surface area contributed by atoms with Crippen LogP contribution < -0.4 is 10.1 Å². The maximum absolute atomic E-state index is 11.9. The first-order valence-electron chi connectivity index (χ1n) is 6.28. The Hall–Kier alpha value is -1.71. The molecule has 1 aliphatic rings. The van der Waals surface area contributed by atoms with E-state index < -0.39 is 0 Å². The molecule has 1 atom stereocenters. The third kappa shape index (κ3) is 3.15. The van der Waals surface area contributed by atoms with Crippen LogP contribution in [0.3, 0.4) is 0 Å². The van der Waals surface area contributed by atoms with Crippen molar-refractivity contribution in [1.29, 1.82) is 0 Å². The van der Waals surface area contributed by atoms with Gasteiger partial charge in [0, 0.05) is 11.6 Å². The number of rotatable bonds is 5. The number of amides is 1. The van der Waals surface area contributed by atoms with E-state index in [2.05, 4.69) is 5.32 Å². The predicted octanol–water partition coefficient (Wildman–Crippen LogP) is 2.32. The van der Waals surface area contributed by atoms with Gasteiger partial charge in [-0.3, -0.25) is 4.79 Å². The van der Waals surface area contributed by atoms with Crippen LogP contribution >= 0.6 is 0 Å². The number of hydrogen-bond donors (Lipinski definition) is 2. The first-order chi connectivity index (χ1) is 8.60. The summed E-state index contributed by atoms with van der Waals surface area (Å²) in [5.74, 6) is 0.989. The monoisotopic (exact) mass is 249 g/mol. The highest BCUT2D eigenvalue weighted by atomic mass is 16.5. The van der Waals surface area contributed by atoms with Gasteiger partial charge in [-0.2, -0.15) is 0 Å². The third-order valence-electron chi connectivity index (χ3n) is 3.20. The number of phenolic OH excluding ortho intramolecular Hbond substituents is 1. The highest BCUT2D eigenvalue weighted by Crippen LogP contribution is 2.33. The van der Waals surface area contributed by atoms with Crippen molar-refractivity contribution in [2.45, 2.75) is 32.2 Å². The minimum atomic E-state index is -0.152. The second-order valence-electron chi connectivity index (χ2n) is 4.94. The summed E-state index contributed by atoms with van der Waals surface area (Å²) >= 11 is 0. The lowest BCUT2D eigenvalue weighted by Crippen LogP contribution is -2.32. The van der Waals surface area contributed by atoms with Crippen LogP contribution in [0.1, 0.15) is 36.5 Å². The molecule has 98 valence electrons. The van der Waals surface area contributed by atoms with Gasteiger partial charge in [-0.15, -0.1) is 0 Å². The number of methoxy groups -OCH3 is 1. The summed E-state index contributed by atoms with van der Waals surface area (Å²) in [6, 6.07) is 4.85. The van der Waals surface area contributed by atoms with Crippen molar-refractivity contribution in [3.05, 3.63) is 23.8 Å². The number of carbonyl (C=O) groups is 1. The van der Waals surface area contributed by atoms with E-state index in [1.807, 2.05) is 6.92 Å². The molecule has 2 rings (SSSR count). The third-order valence-corrected chi connectivity index (χ3v) is 3.20. The first-order valence-corrected chi connectivity index (χ1v) is 6.28. The van der Waals surface area contributed by atoms with Crippen molar-refractivity contribution in [2.75, 3.05) is 7.11 Å². The van der Waals surface area contributed by atoms with Gasteiger partial charge < -0.3 is 15.2 Å². The lowest BCUT2D eigenvalue weighted by molar-refractivity contribution is 0.0937. The number of aromatic hydroxyl groups is 1. The van der Waals surface area contributed by atoms with Crippen molar-refractivity contribution in [3.63, 3.8) is 0 Å². The Kier molecular flexibility index (Phi) is 3.75. The summed E-state index contributed by atoms with van der Waals surface area (Å²) in [5.41, 5.74) is 0.455. The molecule has 1 aromatic carbocycles. The maximum Gasteiger partial charge on any atom is 0.251 e. The fourth-order valence-electron chi connectivity index (χ4n) is 2.05. The number of ether oxygens (including phenoxy) is 1. The molecule has 1 fully saturated rings. The summed E-state index contributed by atoms with van der Waals surface area (Å²) in [4.78, 5) is 11.9. The molecule has 1 aromatic rings. The van der Waals surface area contributed by atoms with Crippen LogP contribution in [-0.4, -0.2) is 24.2 Å². The quantitative estimate of drug-likeness (QED) is 0.842. The molecule has 0 aromatic heterocycles. The van der Waals surface area contributed by atoms with Crippen molar-refractivity contribution in [1.82, 2.24) is 5.32 Å². The second-order valence-corrected chi connectivity index (χ2v) is 4.94. The Morgan fingerprint density at radius 3 is 2.83 bits per heavy atom. The lowest BCUT2D eigenvalue weighted by Gasteiger charge is -2.13. The van der Waals surface area contributed by atoms with Crippen LogP contribution in [0.5, 0.6) is 11.5 Å². The van der Waals surface area contributed by atoms with Gasteiger partial charge in [-0.05, 0) is 37.5 Å². The molecular weight excluding hydrogens is 230 g/mol. The Labute approximate surface area is 107 Å². The number of nitrogens with one attached hydrogen (secondary N) is 1. The topological polar surface area (TPSA) is 58.6 Å². The molecule has 18 heavy (non-hydrogen) atoms.